The van der Waals surface area contributed by atoms with E-state index in [0.717, 1.165) is 13.0 Å². The van der Waals surface area contributed by atoms with Gasteiger partial charge in [0.2, 0.25) is 0 Å². The fourth-order valence-electron chi connectivity index (χ4n) is 1.99. The monoisotopic (exact) mass is 273 g/mol. The average molecular weight is 273 g/mol. The Bertz CT molecular complexity index is 572. The van der Waals surface area contributed by atoms with Crippen molar-refractivity contribution < 1.29 is 0 Å². The van der Waals surface area contributed by atoms with Crippen LogP contribution in [0, 0.1) is 0 Å². The van der Waals surface area contributed by atoms with Gasteiger partial charge in [0, 0.05) is 16.8 Å². The summed E-state index contributed by atoms with van der Waals surface area (Å²) in [6, 6.07) is 8.62. The normalized spacial score (nSPS) is 13.2. The zero-order valence-electron chi connectivity index (χ0n) is 12.3. The molecule has 102 valence electrons. The molecule has 0 aliphatic rings. The lowest BCUT2D eigenvalue weighted by atomic mass is 10.1. The molecule has 0 aliphatic heterocycles. The fraction of sp³-hybridized carbons (Fsp3) is 0.412. The maximum absolute atomic E-state index is 3.57. The van der Waals surface area contributed by atoms with Crippen molar-refractivity contribution in [1.29, 1.82) is 0 Å². The standard InChI is InChI=1S/C17H23NS/c1-5-13(11-18-17(2,3)4)10-14-12-19-16-9-7-6-8-15(14)16/h6-10,12,18H,5,11H2,1-4H3. The second kappa shape index (κ2) is 5.89. The summed E-state index contributed by atoms with van der Waals surface area (Å²) in [5.74, 6) is 0. The van der Waals surface area contributed by atoms with Crippen molar-refractivity contribution in [2.45, 2.75) is 39.7 Å². The number of hydrogen-bond donors (Lipinski definition) is 1. The number of thiophene rings is 1. The molecule has 0 saturated carbocycles. The van der Waals surface area contributed by atoms with Gasteiger partial charge in [-0.15, -0.1) is 11.3 Å². The highest BCUT2D eigenvalue weighted by atomic mass is 32.1. The van der Waals surface area contributed by atoms with Crippen molar-refractivity contribution in [3.05, 3.63) is 40.8 Å². The topological polar surface area (TPSA) is 12.0 Å². The van der Waals surface area contributed by atoms with Gasteiger partial charge in [-0.05, 0) is 49.6 Å². The Hall–Kier alpha value is -1.12. The van der Waals surface area contributed by atoms with Crippen LogP contribution in [-0.2, 0) is 0 Å². The van der Waals surface area contributed by atoms with Gasteiger partial charge in [-0.1, -0.05) is 36.8 Å². The van der Waals surface area contributed by atoms with Gasteiger partial charge in [0.05, 0.1) is 0 Å². The summed E-state index contributed by atoms with van der Waals surface area (Å²) in [7, 11) is 0. The lowest BCUT2D eigenvalue weighted by Crippen LogP contribution is -2.36. The lowest BCUT2D eigenvalue weighted by Gasteiger charge is -2.21. The molecule has 1 N–H and O–H groups in total. The maximum Gasteiger partial charge on any atom is 0.0348 e. The van der Waals surface area contributed by atoms with E-state index in [4.69, 9.17) is 0 Å². The van der Waals surface area contributed by atoms with Crippen LogP contribution in [0.3, 0.4) is 0 Å². The van der Waals surface area contributed by atoms with Gasteiger partial charge in [-0.3, -0.25) is 0 Å². The number of rotatable bonds is 4. The second-order valence-electron chi connectivity index (χ2n) is 5.95. The first-order chi connectivity index (χ1) is 8.99. The molecular formula is C17H23NS. The first-order valence-electron chi connectivity index (χ1n) is 6.90. The molecule has 0 amide bonds. The van der Waals surface area contributed by atoms with E-state index in [1.165, 1.54) is 21.2 Å². The van der Waals surface area contributed by atoms with Crippen LogP contribution in [0.25, 0.3) is 16.2 Å². The van der Waals surface area contributed by atoms with Crippen LogP contribution >= 0.6 is 11.3 Å². The summed E-state index contributed by atoms with van der Waals surface area (Å²) in [5.41, 5.74) is 2.98. The molecule has 0 aliphatic carbocycles. The Balaban J connectivity index is 2.22. The van der Waals surface area contributed by atoms with E-state index in [1.807, 2.05) is 11.3 Å². The maximum atomic E-state index is 3.57. The minimum atomic E-state index is 0.172. The van der Waals surface area contributed by atoms with Gasteiger partial charge in [-0.25, -0.2) is 0 Å². The molecule has 1 nitrogen and oxygen atoms in total. The Kier molecular flexibility index (Phi) is 4.43. The van der Waals surface area contributed by atoms with E-state index in [2.05, 4.69) is 68.7 Å². The molecule has 19 heavy (non-hydrogen) atoms. The van der Waals surface area contributed by atoms with Gasteiger partial charge in [0.1, 0.15) is 0 Å². The quantitative estimate of drug-likeness (QED) is 0.819. The summed E-state index contributed by atoms with van der Waals surface area (Å²) in [4.78, 5) is 0. The van der Waals surface area contributed by atoms with Gasteiger partial charge >= 0.3 is 0 Å². The van der Waals surface area contributed by atoms with E-state index in [9.17, 15) is 0 Å². The lowest BCUT2D eigenvalue weighted by molar-refractivity contribution is 0.443. The molecule has 2 rings (SSSR count). The molecule has 1 aromatic carbocycles. The Labute approximate surface area is 120 Å². The van der Waals surface area contributed by atoms with Crippen LogP contribution < -0.4 is 5.32 Å². The van der Waals surface area contributed by atoms with Crippen molar-refractivity contribution in [3.63, 3.8) is 0 Å². The van der Waals surface area contributed by atoms with Crippen LogP contribution in [-0.4, -0.2) is 12.1 Å². The minimum absolute atomic E-state index is 0.172. The first-order valence-corrected chi connectivity index (χ1v) is 7.78. The third-order valence-corrected chi connectivity index (χ3v) is 4.15. The van der Waals surface area contributed by atoms with Gasteiger partial charge in [-0.2, -0.15) is 0 Å². The van der Waals surface area contributed by atoms with Crippen molar-refractivity contribution >= 4 is 27.5 Å². The molecule has 2 aromatic rings. The second-order valence-corrected chi connectivity index (χ2v) is 6.86. The SMILES string of the molecule is CCC(=Cc1csc2ccccc12)CNC(C)(C)C. The number of fused-ring (bicyclic) bond motifs is 1. The van der Waals surface area contributed by atoms with Gasteiger partial charge in [0.15, 0.2) is 0 Å². The average Bonchev–Trinajstić information content (AvgIpc) is 2.77. The molecule has 0 unspecified atom stereocenters. The third-order valence-electron chi connectivity index (χ3n) is 3.17. The molecule has 0 atom stereocenters. The van der Waals surface area contributed by atoms with Crippen LogP contribution in [0.1, 0.15) is 39.7 Å². The number of hydrogen-bond acceptors (Lipinski definition) is 2. The Morgan fingerprint density at radius 3 is 2.68 bits per heavy atom. The van der Waals surface area contributed by atoms with E-state index in [0.29, 0.717) is 0 Å². The van der Waals surface area contributed by atoms with Crippen LogP contribution in [0.15, 0.2) is 35.2 Å². The van der Waals surface area contributed by atoms with E-state index in [1.54, 1.807) is 0 Å². The van der Waals surface area contributed by atoms with Crippen molar-refractivity contribution in [3.8, 4) is 0 Å². The Morgan fingerprint density at radius 2 is 2.00 bits per heavy atom. The molecule has 0 spiro atoms. The zero-order valence-corrected chi connectivity index (χ0v) is 13.1. The Morgan fingerprint density at radius 1 is 1.26 bits per heavy atom. The van der Waals surface area contributed by atoms with E-state index >= 15 is 0 Å². The highest BCUT2D eigenvalue weighted by Crippen LogP contribution is 2.27. The minimum Gasteiger partial charge on any atom is -0.308 e. The number of benzene rings is 1. The molecule has 0 saturated heterocycles. The van der Waals surface area contributed by atoms with Gasteiger partial charge < -0.3 is 5.32 Å². The van der Waals surface area contributed by atoms with Crippen molar-refractivity contribution in [2.24, 2.45) is 0 Å². The predicted octanol–water partition coefficient (Wildman–Crippen LogP) is 5.08. The fourth-order valence-corrected chi connectivity index (χ4v) is 2.91. The van der Waals surface area contributed by atoms with Gasteiger partial charge in [0.25, 0.3) is 0 Å². The third kappa shape index (κ3) is 3.92. The first kappa shape index (κ1) is 14.3. The molecule has 0 fully saturated rings. The summed E-state index contributed by atoms with van der Waals surface area (Å²) in [6.45, 7) is 9.82. The molecule has 1 aromatic heterocycles. The predicted molar refractivity (Wildman–Crippen MR) is 87.8 cm³/mol. The van der Waals surface area contributed by atoms with Crippen molar-refractivity contribution in [1.82, 2.24) is 5.32 Å². The highest BCUT2D eigenvalue weighted by molar-refractivity contribution is 7.17. The van der Waals surface area contributed by atoms with Crippen molar-refractivity contribution in [2.75, 3.05) is 6.54 Å². The summed E-state index contributed by atoms with van der Waals surface area (Å²) < 4.78 is 1.37. The molecule has 0 bridgehead atoms. The van der Waals surface area contributed by atoms with Crippen LogP contribution in [0.4, 0.5) is 0 Å². The molecular weight excluding hydrogens is 250 g/mol. The highest BCUT2D eigenvalue weighted by Gasteiger charge is 2.09. The molecule has 2 heteroatoms. The smallest absolute Gasteiger partial charge is 0.0348 e. The summed E-state index contributed by atoms with van der Waals surface area (Å²) >= 11 is 1.83. The van der Waals surface area contributed by atoms with Crippen LogP contribution in [0.2, 0.25) is 0 Å². The largest absolute Gasteiger partial charge is 0.308 e. The number of nitrogens with one attached hydrogen (secondary N) is 1. The zero-order chi connectivity index (χ0) is 13.9. The van der Waals surface area contributed by atoms with E-state index in [-0.39, 0.29) is 5.54 Å². The summed E-state index contributed by atoms with van der Waals surface area (Å²) in [6.07, 6.45) is 3.44. The summed E-state index contributed by atoms with van der Waals surface area (Å²) in [5, 5.41) is 7.20. The molecule has 1 heterocycles. The molecule has 0 radical (unpaired) electrons. The van der Waals surface area contributed by atoms with E-state index < -0.39 is 0 Å². The van der Waals surface area contributed by atoms with Crippen LogP contribution in [0.5, 0.6) is 0 Å².